The number of fused-ring (bicyclic) bond motifs is 2. The van der Waals surface area contributed by atoms with Crippen molar-refractivity contribution in [1.29, 1.82) is 0 Å². The van der Waals surface area contributed by atoms with Crippen molar-refractivity contribution in [3.63, 3.8) is 0 Å². The second-order valence-corrected chi connectivity index (χ2v) is 9.27. The smallest absolute Gasteiger partial charge is 0.183 e. The van der Waals surface area contributed by atoms with Crippen molar-refractivity contribution >= 4 is 0 Å². The molecule has 0 amide bonds. The van der Waals surface area contributed by atoms with Gasteiger partial charge in [0.2, 0.25) is 0 Å². The summed E-state index contributed by atoms with van der Waals surface area (Å²) in [6.45, 7) is 3.56. The maximum absolute atomic E-state index is 10.3. The fraction of sp³-hybridized carbons (Fsp3) is 1.00. The Morgan fingerprint density at radius 1 is 0.958 bits per heavy atom. The molecule has 0 aromatic carbocycles. The predicted octanol–water partition coefficient (Wildman–Crippen LogP) is 4.52. The predicted molar refractivity (Wildman–Crippen MR) is 94.6 cm³/mol. The number of hydrogen-bond donors (Lipinski definition) is 1. The first-order valence-electron chi connectivity index (χ1n) is 10.6. The van der Waals surface area contributed by atoms with Crippen LogP contribution in [0.5, 0.6) is 0 Å². The van der Waals surface area contributed by atoms with Gasteiger partial charge in [0.1, 0.15) is 5.60 Å². The van der Waals surface area contributed by atoms with Crippen LogP contribution in [0.15, 0.2) is 0 Å². The van der Waals surface area contributed by atoms with Crippen molar-refractivity contribution in [2.24, 2.45) is 29.6 Å². The molecule has 0 aromatic rings. The molecule has 1 aliphatic heterocycles. The summed E-state index contributed by atoms with van der Waals surface area (Å²) in [5.74, 6) is 4.38. The maximum Gasteiger partial charge on any atom is 0.183 e. The average molecular weight is 337 g/mol. The molecule has 3 aliphatic carbocycles. The molecule has 3 heteroatoms. The van der Waals surface area contributed by atoms with E-state index < -0.39 is 11.9 Å². The lowest BCUT2D eigenvalue weighted by Crippen LogP contribution is -2.50. The molecular weight excluding hydrogens is 300 g/mol. The minimum atomic E-state index is -0.751. The van der Waals surface area contributed by atoms with Gasteiger partial charge >= 0.3 is 0 Å². The summed E-state index contributed by atoms with van der Waals surface area (Å²) in [4.78, 5) is 0. The molecule has 1 heterocycles. The first kappa shape index (κ1) is 17.3. The molecule has 138 valence electrons. The van der Waals surface area contributed by atoms with E-state index in [2.05, 4.69) is 6.92 Å². The van der Waals surface area contributed by atoms with Gasteiger partial charge in [-0.25, -0.2) is 0 Å². The summed E-state index contributed by atoms with van der Waals surface area (Å²) < 4.78 is 11.9. The molecule has 6 atom stereocenters. The van der Waals surface area contributed by atoms with Gasteiger partial charge in [0, 0.05) is 6.61 Å². The van der Waals surface area contributed by atoms with Crippen LogP contribution in [0, 0.1) is 29.6 Å². The van der Waals surface area contributed by atoms with Crippen LogP contribution in [-0.4, -0.2) is 30.2 Å². The summed E-state index contributed by atoms with van der Waals surface area (Å²) >= 11 is 0. The quantitative estimate of drug-likeness (QED) is 0.823. The Hall–Kier alpha value is -0.120. The van der Waals surface area contributed by atoms with Crippen LogP contribution < -0.4 is 0 Å². The number of rotatable bonds is 3. The Balaban J connectivity index is 1.47. The molecule has 1 saturated heterocycles. The van der Waals surface area contributed by atoms with E-state index in [-0.39, 0.29) is 0 Å². The topological polar surface area (TPSA) is 38.7 Å². The van der Waals surface area contributed by atoms with Crippen molar-refractivity contribution in [3.8, 4) is 0 Å². The van der Waals surface area contributed by atoms with Gasteiger partial charge < -0.3 is 14.6 Å². The van der Waals surface area contributed by atoms with E-state index >= 15 is 0 Å². The maximum atomic E-state index is 10.3. The summed E-state index contributed by atoms with van der Waals surface area (Å²) in [5.41, 5.74) is -0.496. The number of aliphatic hydroxyl groups excluding tert-OH is 1. The molecule has 3 nitrogen and oxygen atoms in total. The molecule has 0 spiro atoms. The van der Waals surface area contributed by atoms with E-state index in [9.17, 15) is 5.11 Å². The zero-order valence-electron chi connectivity index (χ0n) is 15.4. The van der Waals surface area contributed by atoms with Crippen LogP contribution in [-0.2, 0) is 9.47 Å². The van der Waals surface area contributed by atoms with Crippen molar-refractivity contribution < 1.29 is 14.6 Å². The lowest BCUT2D eigenvalue weighted by Gasteiger charge is -2.52. The summed E-state index contributed by atoms with van der Waals surface area (Å²) in [5, 5.41) is 10.3. The SMILES string of the molecule is CC1(OCC2C3CCCCC3CC3CCCCC32)CCCOC1O. The Kier molecular flexibility index (Phi) is 5.22. The zero-order chi connectivity index (χ0) is 16.6. The molecule has 3 saturated carbocycles. The normalized spacial score (nSPS) is 49.2. The molecular formula is C21H36O3. The Morgan fingerprint density at radius 3 is 2.21 bits per heavy atom. The van der Waals surface area contributed by atoms with Gasteiger partial charge in [-0.1, -0.05) is 38.5 Å². The van der Waals surface area contributed by atoms with E-state index in [0.717, 1.165) is 49.0 Å². The molecule has 0 radical (unpaired) electrons. The van der Waals surface area contributed by atoms with Crippen LogP contribution in [0.2, 0.25) is 0 Å². The number of hydrogen-bond acceptors (Lipinski definition) is 3. The summed E-state index contributed by atoms with van der Waals surface area (Å²) in [6, 6.07) is 0. The molecule has 0 aromatic heterocycles. The third kappa shape index (κ3) is 3.29. The van der Waals surface area contributed by atoms with Crippen molar-refractivity contribution in [3.05, 3.63) is 0 Å². The minimum absolute atomic E-state index is 0.496. The molecule has 4 aliphatic rings. The van der Waals surface area contributed by atoms with Crippen molar-refractivity contribution in [2.45, 2.75) is 89.4 Å². The lowest BCUT2D eigenvalue weighted by molar-refractivity contribution is -0.258. The van der Waals surface area contributed by atoms with Crippen LogP contribution in [0.4, 0.5) is 0 Å². The second-order valence-electron chi connectivity index (χ2n) is 9.27. The van der Waals surface area contributed by atoms with E-state index in [1.807, 2.05) is 0 Å². The van der Waals surface area contributed by atoms with Crippen molar-refractivity contribution in [2.75, 3.05) is 13.2 Å². The first-order chi connectivity index (χ1) is 11.7. The van der Waals surface area contributed by atoms with Crippen LogP contribution in [0.1, 0.15) is 77.6 Å². The molecule has 4 fully saturated rings. The van der Waals surface area contributed by atoms with Crippen LogP contribution in [0.3, 0.4) is 0 Å². The van der Waals surface area contributed by atoms with E-state index in [4.69, 9.17) is 9.47 Å². The average Bonchev–Trinajstić information content (AvgIpc) is 2.61. The highest BCUT2D eigenvalue weighted by Crippen LogP contribution is 2.53. The van der Waals surface area contributed by atoms with E-state index in [1.165, 1.54) is 57.8 Å². The Bertz CT molecular complexity index is 403. The van der Waals surface area contributed by atoms with Gasteiger partial charge in [-0.15, -0.1) is 0 Å². The molecule has 1 N–H and O–H groups in total. The Labute approximate surface area is 147 Å². The van der Waals surface area contributed by atoms with Crippen LogP contribution in [0.25, 0.3) is 0 Å². The molecule has 24 heavy (non-hydrogen) atoms. The van der Waals surface area contributed by atoms with Crippen molar-refractivity contribution in [1.82, 2.24) is 0 Å². The highest BCUT2D eigenvalue weighted by molar-refractivity contribution is 4.95. The highest BCUT2D eigenvalue weighted by Gasteiger charge is 2.47. The summed E-state index contributed by atoms with van der Waals surface area (Å²) in [6.07, 6.45) is 14.1. The molecule has 0 bridgehead atoms. The first-order valence-corrected chi connectivity index (χ1v) is 10.6. The third-order valence-corrected chi connectivity index (χ3v) is 7.86. The number of ether oxygens (including phenoxy) is 2. The van der Waals surface area contributed by atoms with Crippen LogP contribution >= 0.6 is 0 Å². The van der Waals surface area contributed by atoms with Gasteiger partial charge in [-0.2, -0.15) is 0 Å². The largest absolute Gasteiger partial charge is 0.370 e. The minimum Gasteiger partial charge on any atom is -0.370 e. The number of aliphatic hydroxyl groups is 1. The van der Waals surface area contributed by atoms with Gasteiger partial charge in [-0.05, 0) is 68.6 Å². The lowest BCUT2D eigenvalue weighted by atomic mass is 9.55. The van der Waals surface area contributed by atoms with Gasteiger partial charge in [0.15, 0.2) is 6.29 Å². The fourth-order valence-electron chi connectivity index (χ4n) is 6.49. The van der Waals surface area contributed by atoms with E-state index in [1.54, 1.807) is 0 Å². The van der Waals surface area contributed by atoms with Gasteiger partial charge in [0.25, 0.3) is 0 Å². The molecule has 6 unspecified atom stereocenters. The Morgan fingerprint density at radius 2 is 1.58 bits per heavy atom. The van der Waals surface area contributed by atoms with Gasteiger partial charge in [0.05, 0.1) is 6.61 Å². The standard InChI is InChI=1S/C21H36O3/c1-21(11-6-12-23-20(21)22)24-14-19-17-9-4-2-7-15(17)13-16-8-3-5-10-18(16)19/h15-20,22H,2-14H2,1H3. The second kappa shape index (κ2) is 7.25. The summed E-state index contributed by atoms with van der Waals surface area (Å²) in [7, 11) is 0. The fourth-order valence-corrected chi connectivity index (χ4v) is 6.49. The van der Waals surface area contributed by atoms with E-state index in [0.29, 0.717) is 6.61 Å². The van der Waals surface area contributed by atoms with Gasteiger partial charge in [-0.3, -0.25) is 0 Å². The third-order valence-electron chi connectivity index (χ3n) is 7.86. The monoisotopic (exact) mass is 336 g/mol. The zero-order valence-corrected chi connectivity index (χ0v) is 15.4. The molecule has 4 rings (SSSR count). The highest BCUT2D eigenvalue weighted by atomic mass is 16.6.